The lowest BCUT2D eigenvalue weighted by Crippen LogP contribution is -2.70. The molecule has 34 heteroatoms. The van der Waals surface area contributed by atoms with Gasteiger partial charge in [0.1, 0.15) is 140 Å². The van der Waals surface area contributed by atoms with Gasteiger partial charge in [-0.05, 0) is 6.92 Å². The fraction of sp³-hybridized carbons (Fsp3) is 0.909. The van der Waals surface area contributed by atoms with Crippen molar-refractivity contribution in [2.75, 3.05) is 33.0 Å². The number of amides is 4. The van der Waals surface area contributed by atoms with Crippen LogP contribution in [0.4, 0.5) is 0 Å². The highest BCUT2D eigenvalue weighted by molar-refractivity contribution is 5.74. The molecule has 0 saturated carbocycles. The summed E-state index contributed by atoms with van der Waals surface area (Å²) in [5.74, 6) is -3.08. The molecule has 6 heterocycles. The second-order valence-electron chi connectivity index (χ2n) is 19.7. The number of hydrogen-bond acceptors (Lipinski definition) is 30. The first-order valence-electron chi connectivity index (χ1n) is 24.9. The van der Waals surface area contributed by atoms with E-state index in [4.69, 9.17) is 52.1 Å². The van der Waals surface area contributed by atoms with Gasteiger partial charge in [-0.2, -0.15) is 0 Å². The molecule has 19 N–H and O–H groups in total. The van der Waals surface area contributed by atoms with Crippen LogP contribution in [0.2, 0.25) is 0 Å². The maximum Gasteiger partial charge on any atom is 0.217 e. The largest absolute Gasteiger partial charge is 0.394 e. The Morgan fingerprint density at radius 3 is 1.24 bits per heavy atom. The highest BCUT2D eigenvalue weighted by Crippen LogP contribution is 2.36. The molecule has 78 heavy (non-hydrogen) atoms. The van der Waals surface area contributed by atoms with E-state index in [9.17, 15) is 95.8 Å². The zero-order chi connectivity index (χ0) is 57.8. The number of aliphatic hydroxyl groups excluding tert-OH is 15. The van der Waals surface area contributed by atoms with Crippen molar-refractivity contribution in [3.8, 4) is 0 Å². The standard InChI is InChI=1S/C44H74N4O30/c1-11-25(57)32(64)33(65)43(69-11)75-36-19(9-52)74-42(23(31(36)63)47-14(4)55)78-38-27(59)17(7-50)72-44(34(38)66)76-35-18(8-51)73-40(22(30(35)62)46-13(3)54)68-10-20-28(60)37(24(39(67)70-20)48-15(5)56)77-41-21(45-12(2)53)29(61)26(58)16(6-49)71-41/h11,16-44,49-52,57-67H,6-10H2,1-5H3,(H,45,53)(H,46,54)(H,47,55)(H,48,56)/t11-,16+,17+,18+,19+,20+,21+,22+,23+,24+,25+,26+,27-,28-,29+,30+,31+,32+,33-,34+,35+,36+,37+,38-,39?,40+,41-,42-,43-,44-/m0/s1. The molecule has 6 aliphatic rings. The van der Waals surface area contributed by atoms with Crippen LogP contribution in [0, 0.1) is 0 Å². The van der Waals surface area contributed by atoms with Crippen molar-refractivity contribution in [1.29, 1.82) is 0 Å². The first-order valence-corrected chi connectivity index (χ1v) is 24.9. The second kappa shape index (κ2) is 27.7. The third-order valence-corrected chi connectivity index (χ3v) is 14.0. The summed E-state index contributed by atoms with van der Waals surface area (Å²) in [6.07, 6.45) is -46.4. The van der Waals surface area contributed by atoms with E-state index >= 15 is 0 Å². The molecule has 0 radical (unpaired) electrons. The van der Waals surface area contributed by atoms with Crippen molar-refractivity contribution < 1.29 is 148 Å². The van der Waals surface area contributed by atoms with Crippen molar-refractivity contribution in [1.82, 2.24) is 21.3 Å². The summed E-state index contributed by atoms with van der Waals surface area (Å²) in [6, 6.07) is -6.51. The van der Waals surface area contributed by atoms with Gasteiger partial charge in [0.25, 0.3) is 0 Å². The maximum absolute atomic E-state index is 12.6. The van der Waals surface area contributed by atoms with Crippen molar-refractivity contribution in [3.05, 3.63) is 0 Å². The predicted molar refractivity (Wildman–Crippen MR) is 244 cm³/mol. The summed E-state index contributed by atoms with van der Waals surface area (Å²) in [4.78, 5) is 49.5. The van der Waals surface area contributed by atoms with Crippen LogP contribution in [0.25, 0.3) is 0 Å². The van der Waals surface area contributed by atoms with Crippen LogP contribution in [0.5, 0.6) is 0 Å². The molecule has 6 saturated heterocycles. The molecule has 0 aromatic rings. The van der Waals surface area contributed by atoms with Gasteiger partial charge in [-0.25, -0.2) is 0 Å². The molecule has 0 bridgehead atoms. The normalized spacial score (nSPS) is 47.1. The zero-order valence-corrected chi connectivity index (χ0v) is 42.7. The van der Waals surface area contributed by atoms with Gasteiger partial charge in [0.2, 0.25) is 23.6 Å². The van der Waals surface area contributed by atoms with E-state index in [1.54, 1.807) is 0 Å². The quantitative estimate of drug-likeness (QED) is 0.0571. The number of carbonyl (C=O) groups is 4. The number of nitrogens with one attached hydrogen (secondary N) is 4. The van der Waals surface area contributed by atoms with E-state index in [2.05, 4.69) is 21.3 Å². The number of aliphatic hydroxyl groups is 15. The minimum absolute atomic E-state index is 0.728. The van der Waals surface area contributed by atoms with Crippen LogP contribution in [0.3, 0.4) is 0 Å². The van der Waals surface area contributed by atoms with Crippen LogP contribution < -0.4 is 21.3 Å². The molecule has 1 unspecified atom stereocenters. The number of hydrogen-bond donors (Lipinski definition) is 19. The Balaban J connectivity index is 1.19. The Kier molecular flexibility index (Phi) is 22.8. The van der Waals surface area contributed by atoms with Gasteiger partial charge in [0.15, 0.2) is 37.7 Å². The molecule has 0 spiro atoms. The van der Waals surface area contributed by atoms with E-state index in [1.165, 1.54) is 6.92 Å². The lowest BCUT2D eigenvalue weighted by Gasteiger charge is -2.50. The molecule has 0 aromatic heterocycles. The van der Waals surface area contributed by atoms with Crippen molar-refractivity contribution in [2.24, 2.45) is 0 Å². The summed E-state index contributed by atoms with van der Waals surface area (Å²) >= 11 is 0. The molecule has 30 atom stereocenters. The topological polar surface area (TPSA) is 521 Å². The van der Waals surface area contributed by atoms with E-state index < -0.39 is 241 Å². The second-order valence-corrected chi connectivity index (χ2v) is 19.7. The molecule has 34 nitrogen and oxygen atoms in total. The van der Waals surface area contributed by atoms with E-state index in [0.29, 0.717) is 0 Å². The molecule has 6 rings (SSSR count). The first kappa shape index (κ1) is 64.0. The van der Waals surface area contributed by atoms with Gasteiger partial charge in [-0.3, -0.25) is 19.2 Å². The van der Waals surface area contributed by atoms with Crippen molar-refractivity contribution in [3.63, 3.8) is 0 Å². The molecule has 0 aromatic carbocycles. The molecule has 4 amide bonds. The minimum atomic E-state index is -2.17. The van der Waals surface area contributed by atoms with Gasteiger partial charge < -0.3 is 150 Å². The van der Waals surface area contributed by atoms with E-state index in [-0.39, 0.29) is 0 Å². The first-order chi connectivity index (χ1) is 36.8. The Morgan fingerprint density at radius 1 is 0.359 bits per heavy atom. The third-order valence-electron chi connectivity index (χ3n) is 14.0. The predicted octanol–water partition coefficient (Wildman–Crippen LogP) is -12.5. The van der Waals surface area contributed by atoms with E-state index in [0.717, 1.165) is 27.7 Å². The summed E-state index contributed by atoms with van der Waals surface area (Å²) in [7, 11) is 0. The molecular weight excluding hydrogens is 1060 g/mol. The van der Waals surface area contributed by atoms with Crippen molar-refractivity contribution >= 4 is 23.6 Å². The SMILES string of the molecule is CC(=O)N[C@H]1[C@H](O[C@H]2[C@@H](O)[C@@H](CO)O[C@@H](O[C@H]3[C@H](O)[C@@H](NC(C)=O)[C@H](OC[C@H]4OC(O)[C@H](NC(C)=O)[C@@H](O[C@@H]5O[C@H](CO)[C@@H](O)[C@H](O)[C@H]5NC(C)=O)[C@H]4O)O[C@@H]3CO)[C@@H]2O)O[C@H](CO)[C@@H](O[C@@H]2O[C@@H](C)[C@@H](O)[C@@H](O)[C@@H]2O)[C@@H]1O. The molecular formula is C44H74N4O30. The Hall–Kier alpha value is -3.16. The molecule has 6 fully saturated rings. The average Bonchev–Trinajstić information content (AvgIpc) is 3.43. The lowest BCUT2D eigenvalue weighted by atomic mass is 9.94. The fourth-order valence-electron chi connectivity index (χ4n) is 9.97. The molecule has 450 valence electrons. The number of carbonyl (C=O) groups excluding carboxylic acids is 4. The molecule has 6 aliphatic heterocycles. The van der Waals surface area contributed by atoms with Crippen molar-refractivity contribution in [2.45, 2.75) is 219 Å². The summed E-state index contributed by atoms with van der Waals surface area (Å²) in [5.41, 5.74) is 0. The fourth-order valence-corrected chi connectivity index (χ4v) is 9.97. The van der Waals surface area contributed by atoms with Crippen LogP contribution in [0.1, 0.15) is 34.6 Å². The number of rotatable bonds is 19. The smallest absolute Gasteiger partial charge is 0.217 e. The Bertz CT molecular complexity index is 1970. The van der Waals surface area contributed by atoms with Crippen LogP contribution in [-0.2, 0) is 71.3 Å². The van der Waals surface area contributed by atoms with Crippen LogP contribution in [0.15, 0.2) is 0 Å². The Labute approximate surface area is 443 Å². The summed E-state index contributed by atoms with van der Waals surface area (Å²) in [5, 5.41) is 172. The Morgan fingerprint density at radius 2 is 0.744 bits per heavy atom. The highest BCUT2D eigenvalue weighted by atomic mass is 16.8. The molecule has 0 aliphatic carbocycles. The third kappa shape index (κ3) is 14.4. The maximum atomic E-state index is 12.6. The van der Waals surface area contributed by atoms with Gasteiger partial charge in [-0.1, -0.05) is 0 Å². The van der Waals surface area contributed by atoms with Crippen LogP contribution >= 0.6 is 0 Å². The van der Waals surface area contributed by atoms with Gasteiger partial charge in [0.05, 0.1) is 39.1 Å². The van der Waals surface area contributed by atoms with E-state index in [1.807, 2.05) is 0 Å². The summed E-state index contributed by atoms with van der Waals surface area (Å²) in [6.45, 7) is 0.937. The monoisotopic (exact) mass is 1140 g/mol. The van der Waals surface area contributed by atoms with Gasteiger partial charge in [-0.15, -0.1) is 0 Å². The zero-order valence-electron chi connectivity index (χ0n) is 42.7. The lowest BCUT2D eigenvalue weighted by molar-refractivity contribution is -0.378. The van der Waals surface area contributed by atoms with Gasteiger partial charge >= 0.3 is 0 Å². The average molecular weight is 1140 g/mol. The minimum Gasteiger partial charge on any atom is -0.394 e. The summed E-state index contributed by atoms with van der Waals surface area (Å²) < 4.78 is 63.8. The van der Waals surface area contributed by atoms with Gasteiger partial charge in [0, 0.05) is 27.7 Å². The van der Waals surface area contributed by atoms with Crippen LogP contribution in [-0.4, -0.2) is 317 Å². The highest BCUT2D eigenvalue weighted by Gasteiger charge is 2.57. The number of ether oxygens (including phenoxy) is 11.